The van der Waals surface area contributed by atoms with Gasteiger partial charge in [0.25, 0.3) is 11.6 Å². The number of phosphoric ester groups is 1. The molecule has 4 heterocycles. The molecule has 6 atom stereocenters. The van der Waals surface area contributed by atoms with Crippen LogP contribution in [0.2, 0.25) is 0 Å². The van der Waals surface area contributed by atoms with Gasteiger partial charge in [0.1, 0.15) is 17.9 Å². The summed E-state index contributed by atoms with van der Waals surface area (Å²) in [6.07, 6.45) is -0.924. The van der Waals surface area contributed by atoms with Crippen LogP contribution < -0.4 is 5.73 Å². The van der Waals surface area contributed by atoms with E-state index in [-0.39, 0.29) is 17.0 Å². The Labute approximate surface area is 175 Å². The second kappa shape index (κ2) is 7.30. The first-order chi connectivity index (χ1) is 14.6. The maximum Gasteiger partial charge on any atom is 0.490 e. The number of hydrogen-bond acceptors (Lipinski definition) is 14. The second-order valence-corrected chi connectivity index (χ2v) is 10.9. The molecule has 22 heteroatoms. The SMILES string of the molecule is Nc1ncnc2c1ncn2[C@@H]1O[C@H](COP(=O)(O)OP(=O)(O)OP(=O)(O)O)[C@]2(O)O[C@]12O. The van der Waals surface area contributed by atoms with E-state index >= 15 is 0 Å². The van der Waals surface area contributed by atoms with Gasteiger partial charge in [0.05, 0.1) is 12.9 Å². The Hall–Kier alpha value is -1.40. The molecule has 0 aliphatic carbocycles. The van der Waals surface area contributed by atoms with E-state index in [0.717, 1.165) is 17.2 Å². The summed E-state index contributed by atoms with van der Waals surface area (Å²) in [6.45, 7) is -1.07. The zero-order valence-corrected chi connectivity index (χ0v) is 17.9. The highest BCUT2D eigenvalue weighted by Gasteiger charge is 2.84. The van der Waals surface area contributed by atoms with E-state index in [2.05, 4.69) is 28.1 Å². The largest absolute Gasteiger partial charge is 0.490 e. The highest BCUT2D eigenvalue weighted by molar-refractivity contribution is 7.66. The van der Waals surface area contributed by atoms with Gasteiger partial charge in [0.15, 0.2) is 17.7 Å². The molecule has 2 unspecified atom stereocenters. The third-order valence-corrected chi connectivity index (χ3v) is 8.09. The first-order valence-corrected chi connectivity index (χ1v) is 12.6. The first-order valence-electron chi connectivity index (χ1n) is 8.09. The summed E-state index contributed by atoms with van der Waals surface area (Å²) in [4.78, 5) is 47.4. The number of anilines is 1. The second-order valence-electron chi connectivity index (χ2n) is 6.44. The molecule has 0 bridgehead atoms. The van der Waals surface area contributed by atoms with Gasteiger partial charge in [-0.3, -0.25) is 9.09 Å². The van der Waals surface area contributed by atoms with E-state index in [0.29, 0.717) is 0 Å². The van der Waals surface area contributed by atoms with Crippen molar-refractivity contribution in [3.05, 3.63) is 12.7 Å². The number of nitrogens with zero attached hydrogens (tertiary/aromatic N) is 4. The van der Waals surface area contributed by atoms with Gasteiger partial charge in [-0.25, -0.2) is 28.6 Å². The molecule has 2 aliphatic rings. The number of phosphoric acid groups is 3. The lowest BCUT2D eigenvalue weighted by atomic mass is 10.1. The third-order valence-electron chi connectivity index (χ3n) is 4.29. The monoisotopic (exact) mass is 521 g/mol. The quantitative estimate of drug-likeness (QED) is 0.147. The van der Waals surface area contributed by atoms with Crippen LogP contribution in [-0.2, 0) is 36.3 Å². The van der Waals surface area contributed by atoms with Crippen LogP contribution in [0.5, 0.6) is 0 Å². The van der Waals surface area contributed by atoms with Gasteiger partial charge in [0, 0.05) is 0 Å². The van der Waals surface area contributed by atoms with Gasteiger partial charge in [0.2, 0.25) is 0 Å². The Bertz CT molecular complexity index is 1220. The molecule has 32 heavy (non-hydrogen) atoms. The minimum absolute atomic E-state index is 0.00919. The summed E-state index contributed by atoms with van der Waals surface area (Å²) in [5.74, 6) is -4.81. The molecule has 0 amide bonds. The highest BCUT2D eigenvalue weighted by atomic mass is 31.3. The number of imidazole rings is 1. The molecule has 0 saturated carbocycles. The molecule has 0 radical (unpaired) electrons. The van der Waals surface area contributed by atoms with Gasteiger partial charge < -0.3 is 45.0 Å². The molecular weight excluding hydrogens is 507 g/mol. The Morgan fingerprint density at radius 1 is 1.06 bits per heavy atom. The number of epoxide rings is 1. The van der Waals surface area contributed by atoms with Crippen molar-refractivity contribution >= 4 is 40.4 Å². The Morgan fingerprint density at radius 3 is 2.41 bits per heavy atom. The lowest BCUT2D eigenvalue weighted by Crippen LogP contribution is -2.34. The lowest BCUT2D eigenvalue weighted by Gasteiger charge is -2.21. The van der Waals surface area contributed by atoms with Crippen molar-refractivity contribution in [1.29, 1.82) is 0 Å². The Balaban J connectivity index is 1.49. The molecule has 0 spiro atoms. The van der Waals surface area contributed by atoms with Crippen molar-refractivity contribution in [3.63, 3.8) is 0 Å². The van der Waals surface area contributed by atoms with E-state index in [9.17, 15) is 28.8 Å². The summed E-state index contributed by atoms with van der Waals surface area (Å²) in [5.41, 5.74) is 5.90. The van der Waals surface area contributed by atoms with Gasteiger partial charge in [-0.2, -0.15) is 8.62 Å². The number of aliphatic hydroxyl groups is 2. The van der Waals surface area contributed by atoms with Crippen molar-refractivity contribution in [3.8, 4) is 0 Å². The first kappa shape index (κ1) is 23.7. The van der Waals surface area contributed by atoms with E-state index in [1.165, 1.54) is 0 Å². The van der Waals surface area contributed by atoms with Crippen molar-refractivity contribution in [2.24, 2.45) is 0 Å². The number of hydrogen-bond donors (Lipinski definition) is 7. The van der Waals surface area contributed by atoms with Gasteiger partial charge in [-0.15, -0.1) is 0 Å². The van der Waals surface area contributed by atoms with Crippen LogP contribution in [0.1, 0.15) is 6.23 Å². The molecule has 19 nitrogen and oxygen atoms in total. The minimum Gasteiger partial charge on any atom is -0.382 e. The van der Waals surface area contributed by atoms with E-state index in [1.54, 1.807) is 0 Å². The Morgan fingerprint density at radius 2 is 1.75 bits per heavy atom. The molecule has 178 valence electrons. The number of rotatable bonds is 8. The zero-order valence-electron chi connectivity index (χ0n) is 15.2. The van der Waals surface area contributed by atoms with E-state index in [4.69, 9.17) is 29.9 Å². The molecule has 2 fully saturated rings. The minimum atomic E-state index is -5.74. The average molecular weight is 521 g/mol. The van der Waals surface area contributed by atoms with Crippen molar-refractivity contribution in [2.75, 3.05) is 12.3 Å². The van der Waals surface area contributed by atoms with Crippen LogP contribution in [0.25, 0.3) is 11.2 Å². The van der Waals surface area contributed by atoms with Gasteiger partial charge in [-0.1, -0.05) is 0 Å². The molecule has 8 N–H and O–H groups in total. The molecule has 2 aromatic heterocycles. The molecular formula is C10H14N5O14P3. The van der Waals surface area contributed by atoms with Gasteiger partial charge in [-0.05, 0) is 0 Å². The molecule has 2 saturated heterocycles. The standard InChI is InChI=1S/C10H14N5O14P3/c11-6-5-7(13-2-12-6)15(3-14-5)8-10(17)9(16,27-10)4(26-8)1-25-31(21,22)29-32(23,24)28-30(18,19)20/h2-4,8,16-17H,1H2,(H,21,22)(H,23,24)(H2,11,12,13)(H2,18,19,20)/t4-,8-,9+,10-/m1/s1. The lowest BCUT2D eigenvalue weighted by molar-refractivity contribution is -0.179. The predicted molar refractivity (Wildman–Crippen MR) is 94.4 cm³/mol. The maximum atomic E-state index is 11.9. The summed E-state index contributed by atoms with van der Waals surface area (Å²) < 4.78 is 56.9. The fourth-order valence-electron chi connectivity index (χ4n) is 2.99. The maximum absolute atomic E-state index is 11.9. The normalized spacial score (nSPS) is 33.6. The van der Waals surface area contributed by atoms with Crippen molar-refractivity contribution < 1.29 is 66.1 Å². The number of nitrogen functional groups attached to an aromatic ring is 1. The van der Waals surface area contributed by atoms with Gasteiger partial charge >= 0.3 is 23.5 Å². The number of aromatic nitrogens is 4. The van der Waals surface area contributed by atoms with Crippen LogP contribution in [0, 0.1) is 0 Å². The van der Waals surface area contributed by atoms with Crippen LogP contribution >= 0.6 is 23.5 Å². The summed E-state index contributed by atoms with van der Waals surface area (Å²) >= 11 is 0. The molecule has 4 rings (SSSR count). The highest BCUT2D eigenvalue weighted by Crippen LogP contribution is 2.67. The smallest absolute Gasteiger partial charge is 0.382 e. The average Bonchev–Trinajstić information content (AvgIpc) is 2.91. The number of ether oxygens (including phenoxy) is 2. The number of nitrogens with two attached hydrogens (primary N) is 1. The van der Waals surface area contributed by atoms with Crippen LogP contribution in [-0.4, -0.2) is 73.6 Å². The molecule has 2 aromatic rings. The molecule has 0 aromatic carbocycles. The topological polar surface area (TPSA) is 292 Å². The van der Waals surface area contributed by atoms with Crippen LogP contribution in [0.4, 0.5) is 5.82 Å². The third kappa shape index (κ3) is 4.13. The predicted octanol–water partition coefficient (Wildman–Crippen LogP) is -1.94. The molecule has 2 aliphatic heterocycles. The van der Waals surface area contributed by atoms with E-state index < -0.39 is 54.0 Å². The van der Waals surface area contributed by atoms with Crippen LogP contribution in [0.15, 0.2) is 12.7 Å². The Kier molecular flexibility index (Phi) is 5.42. The zero-order chi connectivity index (χ0) is 23.7. The van der Waals surface area contributed by atoms with Crippen molar-refractivity contribution in [1.82, 2.24) is 19.5 Å². The summed E-state index contributed by atoms with van der Waals surface area (Å²) in [6, 6.07) is 0. The fourth-order valence-corrected chi connectivity index (χ4v) is 6.01. The number of fused-ring (bicyclic) bond motifs is 2. The summed E-state index contributed by atoms with van der Waals surface area (Å²) in [5, 5.41) is 21.0. The van der Waals surface area contributed by atoms with E-state index in [1.807, 2.05) is 0 Å². The fraction of sp³-hybridized carbons (Fsp3) is 0.500. The summed E-state index contributed by atoms with van der Waals surface area (Å²) in [7, 11) is -16.8. The van der Waals surface area contributed by atoms with Crippen molar-refractivity contribution in [2.45, 2.75) is 23.9 Å². The van der Waals surface area contributed by atoms with Crippen LogP contribution in [0.3, 0.4) is 0 Å².